The van der Waals surface area contributed by atoms with Crippen LogP contribution in [0.1, 0.15) is 46.0 Å². The van der Waals surface area contributed by atoms with Gasteiger partial charge in [0, 0.05) is 0 Å². The summed E-state index contributed by atoms with van der Waals surface area (Å²) in [6.07, 6.45) is 6.73. The minimum atomic E-state index is 0.369. The van der Waals surface area contributed by atoms with Crippen LogP contribution in [-0.4, -0.2) is 12.2 Å². The van der Waals surface area contributed by atoms with Gasteiger partial charge in [-0.15, -0.1) is 0 Å². The van der Waals surface area contributed by atoms with E-state index >= 15 is 0 Å². The molecule has 1 nitrogen and oxygen atoms in total. The van der Waals surface area contributed by atoms with Crippen molar-refractivity contribution in [1.82, 2.24) is 0 Å². The number of hydrogen-bond acceptors (Lipinski definition) is 1. The average Bonchev–Trinajstić information content (AvgIpc) is 2.66. The quantitative estimate of drug-likeness (QED) is 0.489. The molecule has 64 valence electrons. The van der Waals surface area contributed by atoms with Crippen LogP contribution >= 0.6 is 0 Å². The molecule has 2 rings (SSSR count). The first-order valence-corrected chi connectivity index (χ1v) is 4.76. The van der Waals surface area contributed by atoms with Gasteiger partial charge in [0.2, 0.25) is 0 Å². The summed E-state index contributed by atoms with van der Waals surface area (Å²) in [6.45, 7) is 5.81. The monoisotopic (exact) mass is 154 g/mol. The Morgan fingerprint density at radius 3 is 2.36 bits per heavy atom. The highest BCUT2D eigenvalue weighted by Crippen LogP contribution is 2.45. The molecule has 11 heavy (non-hydrogen) atoms. The molecule has 1 aliphatic heterocycles. The van der Waals surface area contributed by atoms with Gasteiger partial charge in [0.15, 0.2) is 0 Å². The summed E-state index contributed by atoms with van der Waals surface area (Å²) in [5, 5.41) is 0. The SMILES string of the molecule is CC1(C)CCCC2(CC1)CO2. The molecule has 1 aliphatic carbocycles. The molecule has 0 N–H and O–H groups in total. The van der Waals surface area contributed by atoms with E-state index in [0.29, 0.717) is 11.0 Å². The van der Waals surface area contributed by atoms with Gasteiger partial charge in [0.05, 0.1) is 12.2 Å². The predicted molar refractivity (Wildman–Crippen MR) is 45.5 cm³/mol. The maximum absolute atomic E-state index is 5.51. The molecule has 0 aromatic carbocycles. The minimum absolute atomic E-state index is 0.369. The predicted octanol–water partition coefficient (Wildman–Crippen LogP) is 2.75. The van der Waals surface area contributed by atoms with Gasteiger partial charge in [-0.2, -0.15) is 0 Å². The number of hydrogen-bond donors (Lipinski definition) is 0. The molecular weight excluding hydrogens is 136 g/mol. The van der Waals surface area contributed by atoms with Crippen LogP contribution in [0.3, 0.4) is 0 Å². The van der Waals surface area contributed by atoms with Crippen LogP contribution in [0.2, 0.25) is 0 Å². The Kier molecular flexibility index (Phi) is 1.54. The Balaban J connectivity index is 1.98. The van der Waals surface area contributed by atoms with E-state index in [9.17, 15) is 0 Å². The number of epoxide rings is 1. The van der Waals surface area contributed by atoms with E-state index in [4.69, 9.17) is 4.74 Å². The van der Waals surface area contributed by atoms with E-state index in [-0.39, 0.29) is 0 Å². The molecule has 1 spiro atoms. The van der Waals surface area contributed by atoms with Crippen molar-refractivity contribution in [3.8, 4) is 0 Å². The molecule has 1 saturated carbocycles. The number of rotatable bonds is 0. The van der Waals surface area contributed by atoms with Crippen molar-refractivity contribution in [3.05, 3.63) is 0 Å². The lowest BCUT2D eigenvalue weighted by Gasteiger charge is -2.21. The van der Waals surface area contributed by atoms with Gasteiger partial charge in [0.25, 0.3) is 0 Å². The molecule has 0 radical (unpaired) electrons. The van der Waals surface area contributed by atoms with E-state index in [2.05, 4.69) is 13.8 Å². The van der Waals surface area contributed by atoms with Gasteiger partial charge in [-0.25, -0.2) is 0 Å². The fourth-order valence-electron chi connectivity index (χ4n) is 2.10. The van der Waals surface area contributed by atoms with Crippen molar-refractivity contribution in [2.24, 2.45) is 5.41 Å². The van der Waals surface area contributed by atoms with Crippen molar-refractivity contribution in [1.29, 1.82) is 0 Å². The van der Waals surface area contributed by atoms with Crippen molar-refractivity contribution in [2.45, 2.75) is 51.6 Å². The molecule has 1 saturated heterocycles. The maximum Gasteiger partial charge on any atom is 0.0916 e. The van der Waals surface area contributed by atoms with Crippen molar-refractivity contribution in [2.75, 3.05) is 6.61 Å². The normalized spacial score (nSPS) is 42.0. The van der Waals surface area contributed by atoms with Gasteiger partial charge < -0.3 is 4.74 Å². The summed E-state index contributed by atoms with van der Waals surface area (Å²) in [4.78, 5) is 0. The third kappa shape index (κ3) is 1.58. The average molecular weight is 154 g/mol. The van der Waals surface area contributed by atoms with Crippen LogP contribution in [0.4, 0.5) is 0 Å². The highest BCUT2D eigenvalue weighted by Gasteiger charge is 2.46. The topological polar surface area (TPSA) is 12.5 Å². The fourth-order valence-corrected chi connectivity index (χ4v) is 2.10. The van der Waals surface area contributed by atoms with E-state index in [1.165, 1.54) is 32.1 Å². The smallest absolute Gasteiger partial charge is 0.0916 e. The third-order valence-corrected chi connectivity index (χ3v) is 3.30. The van der Waals surface area contributed by atoms with Gasteiger partial charge in [-0.05, 0) is 37.5 Å². The molecule has 0 amide bonds. The van der Waals surface area contributed by atoms with Crippen LogP contribution < -0.4 is 0 Å². The summed E-state index contributed by atoms with van der Waals surface area (Å²) in [5.41, 5.74) is 0.948. The van der Waals surface area contributed by atoms with Crippen molar-refractivity contribution >= 4 is 0 Å². The van der Waals surface area contributed by atoms with Gasteiger partial charge in [-0.3, -0.25) is 0 Å². The second-order valence-electron chi connectivity index (χ2n) is 4.99. The highest BCUT2D eigenvalue weighted by molar-refractivity contribution is 4.95. The maximum atomic E-state index is 5.51. The first kappa shape index (κ1) is 7.60. The van der Waals surface area contributed by atoms with Crippen molar-refractivity contribution in [3.63, 3.8) is 0 Å². The van der Waals surface area contributed by atoms with E-state index in [1.807, 2.05) is 0 Å². The molecule has 0 aromatic heterocycles. The molecule has 2 aliphatic rings. The van der Waals surface area contributed by atoms with E-state index in [0.717, 1.165) is 6.61 Å². The summed E-state index contributed by atoms with van der Waals surface area (Å²) < 4.78 is 5.51. The Hall–Kier alpha value is -0.0400. The Morgan fingerprint density at radius 2 is 1.73 bits per heavy atom. The summed E-state index contributed by atoms with van der Waals surface area (Å²) in [6, 6.07) is 0. The molecule has 2 fully saturated rings. The zero-order valence-corrected chi connectivity index (χ0v) is 7.65. The second-order valence-corrected chi connectivity index (χ2v) is 4.99. The molecule has 1 heterocycles. The zero-order valence-electron chi connectivity index (χ0n) is 7.65. The Morgan fingerprint density at radius 1 is 1.00 bits per heavy atom. The van der Waals surface area contributed by atoms with Crippen LogP contribution in [0.5, 0.6) is 0 Å². The second kappa shape index (κ2) is 2.22. The summed E-state index contributed by atoms with van der Waals surface area (Å²) in [5.74, 6) is 0. The molecule has 1 unspecified atom stereocenters. The first-order valence-electron chi connectivity index (χ1n) is 4.76. The molecular formula is C10H18O. The lowest BCUT2D eigenvalue weighted by atomic mass is 9.85. The van der Waals surface area contributed by atoms with Crippen molar-refractivity contribution < 1.29 is 4.74 Å². The standard InChI is InChI=1S/C10H18O/c1-9(2)4-3-5-10(7-6-9)8-11-10/h3-8H2,1-2H3. The minimum Gasteiger partial charge on any atom is -0.370 e. The van der Waals surface area contributed by atoms with Gasteiger partial charge in [0.1, 0.15) is 0 Å². The lowest BCUT2D eigenvalue weighted by molar-refractivity contribution is 0.260. The van der Waals surface area contributed by atoms with E-state index in [1.54, 1.807) is 0 Å². The van der Waals surface area contributed by atoms with Crippen LogP contribution in [0.15, 0.2) is 0 Å². The molecule has 1 atom stereocenters. The molecule has 0 bridgehead atoms. The van der Waals surface area contributed by atoms with Crippen LogP contribution in [-0.2, 0) is 4.74 Å². The largest absolute Gasteiger partial charge is 0.370 e. The van der Waals surface area contributed by atoms with Gasteiger partial charge >= 0.3 is 0 Å². The van der Waals surface area contributed by atoms with E-state index < -0.39 is 0 Å². The first-order chi connectivity index (χ1) is 5.12. The Labute approximate surface area is 69.1 Å². The summed E-state index contributed by atoms with van der Waals surface area (Å²) in [7, 11) is 0. The highest BCUT2D eigenvalue weighted by atomic mass is 16.6. The third-order valence-electron chi connectivity index (χ3n) is 3.30. The summed E-state index contributed by atoms with van der Waals surface area (Å²) >= 11 is 0. The molecule has 0 aromatic rings. The van der Waals surface area contributed by atoms with Gasteiger partial charge in [-0.1, -0.05) is 13.8 Å². The molecule has 1 heteroatoms. The van der Waals surface area contributed by atoms with Crippen LogP contribution in [0.25, 0.3) is 0 Å². The Bertz CT molecular complexity index is 150. The fraction of sp³-hybridized carbons (Fsp3) is 1.00. The number of ether oxygens (including phenoxy) is 1. The zero-order chi connectivity index (χ0) is 7.95. The van der Waals surface area contributed by atoms with Crippen LogP contribution in [0, 0.1) is 5.41 Å². The lowest BCUT2D eigenvalue weighted by Crippen LogP contribution is -2.12.